The smallest absolute Gasteiger partial charge is 0.315 e. The lowest BCUT2D eigenvalue weighted by atomic mass is 10.2. The van der Waals surface area contributed by atoms with E-state index in [1.165, 1.54) is 13.0 Å². The number of nitrogens with zero attached hydrogens (tertiary/aromatic N) is 2. The van der Waals surface area contributed by atoms with E-state index in [4.69, 9.17) is 5.11 Å². The molecule has 86 valence electrons. The minimum absolute atomic E-state index is 0.0312. The average Bonchev–Trinajstić information content (AvgIpc) is 2.73. The first-order chi connectivity index (χ1) is 7.56. The number of hydrogen-bond donors (Lipinski definition) is 2. The van der Waals surface area contributed by atoms with Crippen LogP contribution in [0.2, 0.25) is 0 Å². The summed E-state index contributed by atoms with van der Waals surface area (Å²) in [6.45, 7) is 5.09. The number of carbonyl (C=O) groups is 2. The Morgan fingerprint density at radius 1 is 1.69 bits per heavy atom. The van der Waals surface area contributed by atoms with Crippen molar-refractivity contribution in [2.75, 3.05) is 6.54 Å². The van der Waals surface area contributed by atoms with Crippen molar-refractivity contribution in [2.45, 2.75) is 12.8 Å². The molecule has 7 heteroatoms. The van der Waals surface area contributed by atoms with E-state index in [-0.39, 0.29) is 18.3 Å². The Morgan fingerprint density at radius 2 is 2.38 bits per heavy atom. The molecule has 0 saturated carbocycles. The van der Waals surface area contributed by atoms with Gasteiger partial charge in [0.25, 0.3) is 0 Å². The lowest BCUT2D eigenvalue weighted by Crippen LogP contribution is -2.23. The summed E-state index contributed by atoms with van der Waals surface area (Å²) in [6.07, 6.45) is 1.50. The molecular formula is C9H11N3O4. The lowest BCUT2D eigenvalue weighted by Gasteiger charge is -1.97. The van der Waals surface area contributed by atoms with Crippen molar-refractivity contribution in [1.82, 2.24) is 15.5 Å². The standard InChI is InChI=1S/C9H11N3O4/c1-3-4-10-7(13)8-11-6(12-16-8)5(2)9(14)15/h3,5H,1,4H2,2H3,(H,10,13)(H,14,15). The van der Waals surface area contributed by atoms with Crippen LogP contribution in [0.3, 0.4) is 0 Å². The Kier molecular flexibility index (Phi) is 3.76. The molecule has 1 heterocycles. The second-order valence-corrected chi connectivity index (χ2v) is 3.02. The number of aliphatic carboxylic acids is 1. The maximum absolute atomic E-state index is 11.3. The largest absolute Gasteiger partial charge is 0.481 e. The molecule has 1 aromatic heterocycles. The van der Waals surface area contributed by atoms with Crippen molar-refractivity contribution in [3.8, 4) is 0 Å². The Hall–Kier alpha value is -2.18. The number of carbonyl (C=O) groups excluding carboxylic acids is 1. The van der Waals surface area contributed by atoms with Crippen LogP contribution in [0.5, 0.6) is 0 Å². The molecule has 0 aliphatic rings. The third kappa shape index (κ3) is 2.66. The highest BCUT2D eigenvalue weighted by atomic mass is 16.5. The molecule has 1 amide bonds. The molecule has 0 fully saturated rings. The molecule has 1 unspecified atom stereocenters. The summed E-state index contributed by atoms with van der Waals surface area (Å²) < 4.78 is 4.62. The first-order valence-corrected chi connectivity index (χ1v) is 4.51. The van der Waals surface area contributed by atoms with E-state index in [2.05, 4.69) is 26.6 Å². The first kappa shape index (κ1) is 11.9. The van der Waals surface area contributed by atoms with Crippen LogP contribution in [-0.4, -0.2) is 33.7 Å². The van der Waals surface area contributed by atoms with Crippen LogP contribution < -0.4 is 5.32 Å². The van der Waals surface area contributed by atoms with Gasteiger partial charge < -0.3 is 14.9 Å². The Bertz CT molecular complexity index is 413. The molecular weight excluding hydrogens is 214 g/mol. The zero-order valence-corrected chi connectivity index (χ0v) is 8.64. The Morgan fingerprint density at radius 3 is 2.94 bits per heavy atom. The van der Waals surface area contributed by atoms with Crippen molar-refractivity contribution >= 4 is 11.9 Å². The molecule has 2 N–H and O–H groups in total. The number of hydrogen-bond acceptors (Lipinski definition) is 5. The van der Waals surface area contributed by atoms with Gasteiger partial charge in [0.15, 0.2) is 5.82 Å². The summed E-state index contributed by atoms with van der Waals surface area (Å²) in [4.78, 5) is 25.6. The van der Waals surface area contributed by atoms with Crippen LogP contribution in [0.4, 0.5) is 0 Å². The summed E-state index contributed by atoms with van der Waals surface area (Å²) in [5, 5.41) is 14.5. The van der Waals surface area contributed by atoms with Gasteiger partial charge in [-0.1, -0.05) is 11.2 Å². The molecule has 1 rings (SSSR count). The predicted octanol–water partition coefficient (Wildman–Crippen LogP) is 0.173. The van der Waals surface area contributed by atoms with Gasteiger partial charge in [-0.2, -0.15) is 4.98 Å². The van der Waals surface area contributed by atoms with Gasteiger partial charge >= 0.3 is 17.8 Å². The SMILES string of the molecule is C=CCNC(=O)c1nc(C(C)C(=O)O)no1. The summed E-state index contributed by atoms with van der Waals surface area (Å²) in [6, 6.07) is 0. The number of nitrogens with one attached hydrogen (secondary N) is 1. The Balaban J connectivity index is 2.74. The van der Waals surface area contributed by atoms with Crippen molar-refractivity contribution in [2.24, 2.45) is 0 Å². The minimum atomic E-state index is -1.08. The molecule has 0 spiro atoms. The number of amides is 1. The molecule has 0 saturated heterocycles. The maximum atomic E-state index is 11.3. The van der Waals surface area contributed by atoms with Gasteiger partial charge in [0.05, 0.1) is 0 Å². The third-order valence-corrected chi connectivity index (χ3v) is 1.80. The quantitative estimate of drug-likeness (QED) is 0.692. The van der Waals surface area contributed by atoms with E-state index in [0.29, 0.717) is 0 Å². The fourth-order valence-electron chi connectivity index (χ4n) is 0.854. The third-order valence-electron chi connectivity index (χ3n) is 1.80. The van der Waals surface area contributed by atoms with Crippen LogP contribution in [0.1, 0.15) is 29.4 Å². The zero-order chi connectivity index (χ0) is 12.1. The molecule has 0 aliphatic carbocycles. The molecule has 0 aliphatic heterocycles. The first-order valence-electron chi connectivity index (χ1n) is 4.51. The summed E-state index contributed by atoms with van der Waals surface area (Å²) in [7, 11) is 0. The van der Waals surface area contributed by atoms with Crippen molar-refractivity contribution < 1.29 is 19.2 Å². The van der Waals surface area contributed by atoms with Crippen molar-refractivity contribution in [3.05, 3.63) is 24.4 Å². The summed E-state index contributed by atoms with van der Waals surface area (Å²) in [5.41, 5.74) is 0. The number of rotatable bonds is 5. The van der Waals surface area contributed by atoms with Gasteiger partial charge in [0.2, 0.25) is 0 Å². The molecule has 7 nitrogen and oxygen atoms in total. The van der Waals surface area contributed by atoms with E-state index in [9.17, 15) is 9.59 Å². The molecule has 1 atom stereocenters. The van der Waals surface area contributed by atoms with Gasteiger partial charge in [-0.05, 0) is 6.92 Å². The highest BCUT2D eigenvalue weighted by Crippen LogP contribution is 2.11. The van der Waals surface area contributed by atoms with Gasteiger partial charge in [-0.15, -0.1) is 6.58 Å². The zero-order valence-electron chi connectivity index (χ0n) is 8.64. The summed E-state index contributed by atoms with van der Waals surface area (Å²) >= 11 is 0. The van der Waals surface area contributed by atoms with Crippen LogP contribution in [0, 0.1) is 0 Å². The van der Waals surface area contributed by atoms with E-state index < -0.39 is 17.8 Å². The van der Waals surface area contributed by atoms with Crippen LogP contribution in [0.15, 0.2) is 17.2 Å². The van der Waals surface area contributed by atoms with Crippen molar-refractivity contribution in [3.63, 3.8) is 0 Å². The second-order valence-electron chi connectivity index (χ2n) is 3.02. The fraction of sp³-hybridized carbons (Fsp3) is 0.333. The van der Waals surface area contributed by atoms with E-state index >= 15 is 0 Å². The van der Waals surface area contributed by atoms with Crippen LogP contribution in [0.25, 0.3) is 0 Å². The van der Waals surface area contributed by atoms with Gasteiger partial charge in [-0.3, -0.25) is 9.59 Å². The topological polar surface area (TPSA) is 105 Å². The van der Waals surface area contributed by atoms with E-state index in [1.54, 1.807) is 0 Å². The molecule has 16 heavy (non-hydrogen) atoms. The fourth-order valence-corrected chi connectivity index (χ4v) is 0.854. The normalized spacial score (nSPS) is 11.8. The highest BCUT2D eigenvalue weighted by molar-refractivity contribution is 5.89. The average molecular weight is 225 g/mol. The number of carboxylic acids is 1. The molecule has 0 aromatic carbocycles. The minimum Gasteiger partial charge on any atom is -0.481 e. The second kappa shape index (κ2) is 5.06. The predicted molar refractivity (Wildman–Crippen MR) is 52.9 cm³/mol. The van der Waals surface area contributed by atoms with Gasteiger partial charge in [-0.25, -0.2) is 0 Å². The van der Waals surface area contributed by atoms with Crippen LogP contribution >= 0.6 is 0 Å². The van der Waals surface area contributed by atoms with Crippen molar-refractivity contribution in [1.29, 1.82) is 0 Å². The highest BCUT2D eigenvalue weighted by Gasteiger charge is 2.22. The summed E-state index contributed by atoms with van der Waals surface area (Å²) in [5.74, 6) is -2.85. The van der Waals surface area contributed by atoms with E-state index in [1.807, 2.05) is 0 Å². The number of carboxylic acid groups (broad SMARTS) is 1. The molecule has 0 radical (unpaired) electrons. The number of aromatic nitrogens is 2. The maximum Gasteiger partial charge on any atom is 0.315 e. The monoisotopic (exact) mass is 225 g/mol. The lowest BCUT2D eigenvalue weighted by molar-refractivity contribution is -0.138. The molecule has 0 bridgehead atoms. The Labute approximate surface area is 91.1 Å². The van der Waals surface area contributed by atoms with E-state index in [0.717, 1.165) is 0 Å². The van der Waals surface area contributed by atoms with Crippen LogP contribution in [-0.2, 0) is 4.79 Å². The van der Waals surface area contributed by atoms with Gasteiger partial charge in [0, 0.05) is 6.54 Å². The van der Waals surface area contributed by atoms with Gasteiger partial charge in [0.1, 0.15) is 5.92 Å². The molecule has 1 aromatic rings.